The van der Waals surface area contributed by atoms with E-state index in [0.29, 0.717) is 17.9 Å². The van der Waals surface area contributed by atoms with Gasteiger partial charge in [0.2, 0.25) is 0 Å². The van der Waals surface area contributed by atoms with Crippen LogP contribution in [0.15, 0.2) is 65.7 Å². The number of esters is 1. The summed E-state index contributed by atoms with van der Waals surface area (Å²) in [5.74, 6) is 0.245. The van der Waals surface area contributed by atoms with Gasteiger partial charge in [-0.05, 0) is 35.9 Å². The van der Waals surface area contributed by atoms with Crippen LogP contribution in [0.2, 0.25) is 0 Å². The number of carbonyl (C=O) groups is 1. The summed E-state index contributed by atoms with van der Waals surface area (Å²) in [5.41, 5.74) is 1.52. The molecule has 0 bridgehead atoms. The molecule has 3 nitrogen and oxygen atoms in total. The van der Waals surface area contributed by atoms with Gasteiger partial charge in [0.15, 0.2) is 0 Å². The molecule has 2 rings (SSSR count). The molecule has 0 spiro atoms. The van der Waals surface area contributed by atoms with Crippen LogP contribution in [0.3, 0.4) is 0 Å². The lowest BCUT2D eigenvalue weighted by Crippen LogP contribution is -2.05. The molecule has 0 saturated carbocycles. The molecule has 0 unspecified atom stereocenters. The topological polar surface area (TPSA) is 35.5 Å². The minimum absolute atomic E-state index is 0.197. The van der Waals surface area contributed by atoms with E-state index in [1.807, 2.05) is 30.3 Å². The Morgan fingerprint density at radius 3 is 2.67 bits per heavy atom. The molecule has 0 heterocycles. The van der Waals surface area contributed by atoms with Crippen LogP contribution in [-0.2, 0) is 11.3 Å². The van der Waals surface area contributed by atoms with Crippen molar-refractivity contribution in [3.05, 3.63) is 76.8 Å². The molecular formula is C17H15BrO3. The zero-order chi connectivity index (χ0) is 15.1. The monoisotopic (exact) mass is 346 g/mol. The second kappa shape index (κ2) is 7.64. The van der Waals surface area contributed by atoms with Crippen LogP contribution in [0.25, 0.3) is 0 Å². The molecule has 0 atom stereocenters. The fraction of sp³-hybridized carbons (Fsp3) is 0.118. The highest BCUT2D eigenvalue weighted by Gasteiger charge is 2.07. The van der Waals surface area contributed by atoms with Gasteiger partial charge in [0.25, 0.3) is 0 Å². The minimum atomic E-state index is -0.385. The van der Waals surface area contributed by atoms with E-state index in [4.69, 9.17) is 9.47 Å². The van der Waals surface area contributed by atoms with E-state index in [2.05, 4.69) is 22.5 Å². The van der Waals surface area contributed by atoms with Crippen molar-refractivity contribution >= 4 is 21.9 Å². The Kier molecular flexibility index (Phi) is 5.58. The Labute approximate surface area is 132 Å². The van der Waals surface area contributed by atoms with Crippen molar-refractivity contribution < 1.29 is 14.3 Å². The Balaban J connectivity index is 1.99. The Morgan fingerprint density at radius 2 is 1.95 bits per heavy atom. The summed E-state index contributed by atoms with van der Waals surface area (Å²) in [6, 6.07) is 14.8. The van der Waals surface area contributed by atoms with Gasteiger partial charge >= 0.3 is 5.97 Å². The van der Waals surface area contributed by atoms with Crippen molar-refractivity contribution in [2.45, 2.75) is 6.61 Å². The summed E-state index contributed by atoms with van der Waals surface area (Å²) in [4.78, 5) is 11.7. The maximum absolute atomic E-state index is 11.7. The van der Waals surface area contributed by atoms with Crippen LogP contribution in [-0.4, -0.2) is 12.6 Å². The Bertz CT molecular complexity index is 620. The Hall–Kier alpha value is -2.07. The number of ether oxygens (including phenoxy) is 2. The molecule has 0 aromatic heterocycles. The minimum Gasteiger partial charge on any atom is -0.489 e. The van der Waals surface area contributed by atoms with E-state index in [1.54, 1.807) is 18.2 Å². The standard InChI is InChI=1S/C17H15BrO3/c1-2-10-20-17(19)14-4-3-5-16(11-14)21-12-13-6-8-15(18)9-7-13/h2-9,11H,1,10,12H2. The summed E-state index contributed by atoms with van der Waals surface area (Å²) in [6.07, 6.45) is 1.53. The average Bonchev–Trinajstić information content (AvgIpc) is 2.52. The van der Waals surface area contributed by atoms with Crippen LogP contribution in [0.4, 0.5) is 0 Å². The van der Waals surface area contributed by atoms with E-state index in [1.165, 1.54) is 6.08 Å². The van der Waals surface area contributed by atoms with E-state index in [0.717, 1.165) is 10.0 Å². The molecule has 4 heteroatoms. The smallest absolute Gasteiger partial charge is 0.338 e. The van der Waals surface area contributed by atoms with Gasteiger partial charge in [0.05, 0.1) is 5.56 Å². The van der Waals surface area contributed by atoms with Gasteiger partial charge in [-0.3, -0.25) is 0 Å². The molecule has 108 valence electrons. The quantitative estimate of drug-likeness (QED) is 0.575. The zero-order valence-corrected chi connectivity index (χ0v) is 13.0. The second-order valence-corrected chi connectivity index (χ2v) is 5.25. The van der Waals surface area contributed by atoms with E-state index < -0.39 is 0 Å². The van der Waals surface area contributed by atoms with Crippen molar-refractivity contribution in [3.8, 4) is 5.75 Å². The number of hydrogen-bond donors (Lipinski definition) is 0. The van der Waals surface area contributed by atoms with Gasteiger partial charge in [-0.25, -0.2) is 4.79 Å². The molecule has 0 aliphatic heterocycles. The molecular weight excluding hydrogens is 332 g/mol. The zero-order valence-electron chi connectivity index (χ0n) is 11.4. The summed E-state index contributed by atoms with van der Waals surface area (Å²) in [5, 5.41) is 0. The summed E-state index contributed by atoms with van der Waals surface area (Å²) in [7, 11) is 0. The van der Waals surface area contributed by atoms with Crippen LogP contribution in [0.1, 0.15) is 15.9 Å². The SMILES string of the molecule is C=CCOC(=O)c1cccc(OCc2ccc(Br)cc2)c1. The summed E-state index contributed by atoms with van der Waals surface area (Å²) >= 11 is 3.39. The van der Waals surface area contributed by atoms with E-state index >= 15 is 0 Å². The lowest BCUT2D eigenvalue weighted by molar-refractivity contribution is 0.0549. The van der Waals surface area contributed by atoms with Crippen LogP contribution in [0.5, 0.6) is 5.75 Å². The third-order valence-electron chi connectivity index (χ3n) is 2.72. The van der Waals surface area contributed by atoms with Crippen LogP contribution < -0.4 is 4.74 Å². The highest BCUT2D eigenvalue weighted by molar-refractivity contribution is 9.10. The molecule has 0 aliphatic rings. The molecule has 0 aliphatic carbocycles. The van der Waals surface area contributed by atoms with E-state index in [9.17, 15) is 4.79 Å². The highest BCUT2D eigenvalue weighted by atomic mass is 79.9. The molecule has 0 amide bonds. The molecule has 0 saturated heterocycles. The number of carbonyl (C=O) groups excluding carboxylic acids is 1. The highest BCUT2D eigenvalue weighted by Crippen LogP contribution is 2.17. The van der Waals surface area contributed by atoms with Gasteiger partial charge in [-0.1, -0.05) is 46.8 Å². The fourth-order valence-electron chi connectivity index (χ4n) is 1.68. The third kappa shape index (κ3) is 4.76. The molecule has 0 radical (unpaired) electrons. The summed E-state index contributed by atoms with van der Waals surface area (Å²) < 4.78 is 11.7. The second-order valence-electron chi connectivity index (χ2n) is 4.33. The lowest BCUT2D eigenvalue weighted by atomic mass is 10.2. The number of benzene rings is 2. The van der Waals surface area contributed by atoms with Crippen molar-refractivity contribution in [1.29, 1.82) is 0 Å². The first-order valence-electron chi connectivity index (χ1n) is 6.44. The molecule has 2 aromatic carbocycles. The molecule has 0 fully saturated rings. The van der Waals surface area contributed by atoms with Gasteiger partial charge in [-0.15, -0.1) is 0 Å². The number of halogens is 1. The number of hydrogen-bond acceptors (Lipinski definition) is 3. The first-order chi connectivity index (χ1) is 10.2. The van der Waals surface area contributed by atoms with Crippen LogP contribution >= 0.6 is 15.9 Å². The van der Waals surface area contributed by atoms with Crippen molar-refractivity contribution in [2.24, 2.45) is 0 Å². The average molecular weight is 347 g/mol. The van der Waals surface area contributed by atoms with Crippen molar-refractivity contribution in [3.63, 3.8) is 0 Å². The van der Waals surface area contributed by atoms with Gasteiger partial charge < -0.3 is 9.47 Å². The van der Waals surface area contributed by atoms with E-state index in [-0.39, 0.29) is 12.6 Å². The van der Waals surface area contributed by atoms with Crippen molar-refractivity contribution in [1.82, 2.24) is 0 Å². The number of rotatable bonds is 6. The van der Waals surface area contributed by atoms with Crippen molar-refractivity contribution in [2.75, 3.05) is 6.61 Å². The molecule has 2 aromatic rings. The first kappa shape index (κ1) is 15.3. The van der Waals surface area contributed by atoms with Crippen LogP contribution in [0, 0.1) is 0 Å². The lowest BCUT2D eigenvalue weighted by Gasteiger charge is -2.08. The maximum Gasteiger partial charge on any atom is 0.338 e. The molecule has 21 heavy (non-hydrogen) atoms. The molecule has 0 N–H and O–H groups in total. The van der Waals surface area contributed by atoms with Gasteiger partial charge in [0.1, 0.15) is 19.0 Å². The van der Waals surface area contributed by atoms with Gasteiger partial charge in [0, 0.05) is 4.47 Å². The summed E-state index contributed by atoms with van der Waals surface area (Å²) in [6.45, 7) is 4.15. The third-order valence-corrected chi connectivity index (χ3v) is 3.25. The first-order valence-corrected chi connectivity index (χ1v) is 7.23. The fourth-order valence-corrected chi connectivity index (χ4v) is 1.94. The largest absolute Gasteiger partial charge is 0.489 e. The Morgan fingerprint density at radius 1 is 1.19 bits per heavy atom. The predicted octanol–water partition coefficient (Wildman–Crippen LogP) is 4.37. The maximum atomic E-state index is 11.7. The van der Waals surface area contributed by atoms with Gasteiger partial charge in [-0.2, -0.15) is 0 Å². The predicted molar refractivity (Wildman–Crippen MR) is 85.4 cm³/mol. The normalized spacial score (nSPS) is 9.95.